The van der Waals surface area contributed by atoms with Crippen LogP contribution in [0.5, 0.6) is 0 Å². The molecule has 0 saturated carbocycles. The lowest BCUT2D eigenvalue weighted by atomic mass is 10.1. The number of rotatable bonds is 1. The summed E-state index contributed by atoms with van der Waals surface area (Å²) >= 11 is 9.04. The van der Waals surface area contributed by atoms with E-state index in [1.807, 2.05) is 0 Å². The summed E-state index contributed by atoms with van der Waals surface area (Å²) in [5, 5.41) is 4.40. The van der Waals surface area contributed by atoms with Crippen molar-refractivity contribution in [2.75, 3.05) is 0 Å². The maximum atomic E-state index is 13.3. The zero-order chi connectivity index (χ0) is 16.1. The number of aryl methyl sites for hydroxylation is 1. The Morgan fingerprint density at radius 2 is 1.82 bits per heavy atom. The zero-order valence-corrected chi connectivity index (χ0v) is 13.5. The van der Waals surface area contributed by atoms with Crippen LogP contribution in [0.3, 0.4) is 0 Å². The van der Waals surface area contributed by atoms with E-state index in [-0.39, 0.29) is 11.3 Å². The van der Waals surface area contributed by atoms with Gasteiger partial charge < -0.3 is 0 Å². The second-order valence-corrected chi connectivity index (χ2v) is 5.90. The highest BCUT2D eigenvalue weighted by Crippen LogP contribution is 2.34. The summed E-state index contributed by atoms with van der Waals surface area (Å²) in [6.45, 7) is 1.61. The molecule has 0 amide bonds. The number of hydrogen-bond acceptors (Lipinski definition) is 2. The Morgan fingerprint density at radius 1 is 1.18 bits per heavy atom. The first-order valence-corrected chi connectivity index (χ1v) is 7.33. The largest absolute Gasteiger partial charge is 0.433 e. The number of nitrogens with zero attached hydrogens (tertiary/aromatic N) is 3. The minimum Gasteiger partial charge on any atom is -0.227 e. The van der Waals surface area contributed by atoms with Gasteiger partial charge in [-0.15, -0.1) is 0 Å². The molecule has 3 aromatic rings. The van der Waals surface area contributed by atoms with Crippen molar-refractivity contribution in [1.29, 1.82) is 0 Å². The number of alkyl halides is 3. The highest BCUT2D eigenvalue weighted by Gasteiger charge is 2.35. The molecule has 0 spiro atoms. The molecule has 0 aliphatic rings. The van der Waals surface area contributed by atoms with Crippen molar-refractivity contribution < 1.29 is 13.2 Å². The van der Waals surface area contributed by atoms with Gasteiger partial charge in [0.05, 0.1) is 15.9 Å². The fourth-order valence-corrected chi connectivity index (χ4v) is 2.53. The Balaban J connectivity index is 2.33. The van der Waals surface area contributed by atoms with E-state index in [4.69, 9.17) is 11.6 Å². The van der Waals surface area contributed by atoms with Gasteiger partial charge in [0, 0.05) is 10.6 Å². The molecule has 0 unspecified atom stereocenters. The third-order valence-corrected chi connectivity index (χ3v) is 4.30. The standard InChI is InChI=1S/C14H8BrClF3N3/c1-7-12(15)13-20-10(8-2-4-9(16)5-3-8)6-11(14(17,18)19)22(13)21-7/h2-6H,1H3. The van der Waals surface area contributed by atoms with Crippen molar-refractivity contribution in [3.05, 3.63) is 51.2 Å². The average Bonchev–Trinajstić information content (AvgIpc) is 2.73. The average molecular weight is 391 g/mol. The van der Waals surface area contributed by atoms with Crippen LogP contribution in [0.15, 0.2) is 34.8 Å². The summed E-state index contributed by atoms with van der Waals surface area (Å²) in [5.41, 5.74) is 0.431. The summed E-state index contributed by atoms with van der Waals surface area (Å²) in [6.07, 6.45) is -4.54. The van der Waals surface area contributed by atoms with E-state index in [0.717, 1.165) is 10.6 Å². The zero-order valence-electron chi connectivity index (χ0n) is 11.1. The highest BCUT2D eigenvalue weighted by molar-refractivity contribution is 9.10. The molecule has 0 fully saturated rings. The molecule has 22 heavy (non-hydrogen) atoms. The van der Waals surface area contributed by atoms with Crippen molar-refractivity contribution in [3.63, 3.8) is 0 Å². The summed E-state index contributed by atoms with van der Waals surface area (Å²) in [6, 6.07) is 7.44. The van der Waals surface area contributed by atoms with Gasteiger partial charge in [-0.2, -0.15) is 18.3 Å². The number of hydrogen-bond donors (Lipinski definition) is 0. The SMILES string of the molecule is Cc1nn2c(C(F)(F)F)cc(-c3ccc(Cl)cc3)nc2c1Br. The molecule has 1 aromatic carbocycles. The topological polar surface area (TPSA) is 30.2 Å². The van der Waals surface area contributed by atoms with Gasteiger partial charge in [0.15, 0.2) is 11.3 Å². The Bertz CT molecular complexity index is 856. The number of halogens is 5. The lowest BCUT2D eigenvalue weighted by Crippen LogP contribution is -2.13. The minimum absolute atomic E-state index is 0.122. The molecular formula is C14H8BrClF3N3. The first kappa shape index (κ1) is 15.3. The van der Waals surface area contributed by atoms with Crippen molar-refractivity contribution in [1.82, 2.24) is 14.6 Å². The predicted molar refractivity (Wildman–Crippen MR) is 80.9 cm³/mol. The molecule has 0 aliphatic heterocycles. The van der Waals surface area contributed by atoms with Crippen molar-refractivity contribution >= 4 is 33.2 Å². The van der Waals surface area contributed by atoms with Crippen LogP contribution in [0.2, 0.25) is 5.02 Å². The van der Waals surface area contributed by atoms with Crippen LogP contribution in [-0.2, 0) is 6.18 Å². The summed E-state index contributed by atoms with van der Waals surface area (Å²) in [4.78, 5) is 4.28. The Hall–Kier alpha value is -1.60. The third-order valence-electron chi connectivity index (χ3n) is 3.12. The van der Waals surface area contributed by atoms with Gasteiger partial charge in [-0.25, -0.2) is 9.50 Å². The fourth-order valence-electron chi connectivity index (χ4n) is 2.07. The molecule has 8 heteroatoms. The molecule has 0 radical (unpaired) electrons. The maximum absolute atomic E-state index is 13.3. The predicted octanol–water partition coefficient (Wildman–Crippen LogP) is 5.14. The molecule has 0 bridgehead atoms. The Labute approximate surface area is 136 Å². The van der Waals surface area contributed by atoms with E-state index >= 15 is 0 Å². The van der Waals surface area contributed by atoms with Gasteiger partial charge in [-0.1, -0.05) is 23.7 Å². The van der Waals surface area contributed by atoms with Gasteiger partial charge in [0.25, 0.3) is 0 Å². The normalized spacial score (nSPS) is 12.1. The van der Waals surface area contributed by atoms with Crippen LogP contribution >= 0.6 is 27.5 Å². The van der Waals surface area contributed by atoms with Gasteiger partial charge in [-0.05, 0) is 41.1 Å². The molecule has 0 aliphatic carbocycles. The van der Waals surface area contributed by atoms with E-state index in [9.17, 15) is 13.2 Å². The summed E-state index contributed by atoms with van der Waals surface area (Å²) in [5.74, 6) is 0. The van der Waals surface area contributed by atoms with Crippen LogP contribution in [-0.4, -0.2) is 14.6 Å². The molecular weight excluding hydrogens is 383 g/mol. The quantitative estimate of drug-likeness (QED) is 0.576. The molecule has 114 valence electrons. The molecule has 0 saturated heterocycles. The first-order chi connectivity index (χ1) is 10.3. The van der Waals surface area contributed by atoms with E-state index < -0.39 is 11.9 Å². The number of benzene rings is 1. The van der Waals surface area contributed by atoms with Crippen molar-refractivity contribution in [3.8, 4) is 11.3 Å². The van der Waals surface area contributed by atoms with Gasteiger partial charge in [0.1, 0.15) is 0 Å². The van der Waals surface area contributed by atoms with Crippen LogP contribution in [0.25, 0.3) is 16.9 Å². The molecule has 3 nitrogen and oxygen atoms in total. The van der Waals surface area contributed by atoms with Crippen molar-refractivity contribution in [2.45, 2.75) is 13.1 Å². The van der Waals surface area contributed by atoms with Crippen LogP contribution < -0.4 is 0 Å². The van der Waals surface area contributed by atoms with Crippen LogP contribution in [0, 0.1) is 6.92 Å². The van der Waals surface area contributed by atoms with Crippen LogP contribution in [0.4, 0.5) is 13.2 Å². The van der Waals surface area contributed by atoms with E-state index in [0.29, 0.717) is 20.8 Å². The number of fused-ring (bicyclic) bond motifs is 1. The second-order valence-electron chi connectivity index (χ2n) is 4.67. The fraction of sp³-hybridized carbons (Fsp3) is 0.143. The van der Waals surface area contributed by atoms with E-state index in [2.05, 4.69) is 26.0 Å². The molecule has 0 atom stereocenters. The monoisotopic (exact) mass is 389 g/mol. The highest BCUT2D eigenvalue weighted by atomic mass is 79.9. The van der Waals surface area contributed by atoms with Gasteiger partial charge >= 0.3 is 6.18 Å². The first-order valence-electron chi connectivity index (χ1n) is 6.16. The lowest BCUT2D eigenvalue weighted by Gasteiger charge is -2.11. The van der Waals surface area contributed by atoms with Gasteiger partial charge in [0.2, 0.25) is 0 Å². The Morgan fingerprint density at radius 3 is 2.41 bits per heavy atom. The summed E-state index contributed by atoms with van der Waals surface area (Å²) in [7, 11) is 0. The smallest absolute Gasteiger partial charge is 0.227 e. The lowest BCUT2D eigenvalue weighted by molar-refractivity contribution is -0.142. The number of aromatic nitrogens is 3. The van der Waals surface area contributed by atoms with Gasteiger partial charge in [-0.3, -0.25) is 0 Å². The maximum Gasteiger partial charge on any atom is 0.433 e. The molecule has 0 N–H and O–H groups in total. The second kappa shape index (κ2) is 5.24. The Kier molecular flexibility index (Phi) is 3.65. The van der Waals surface area contributed by atoms with E-state index in [1.54, 1.807) is 31.2 Å². The van der Waals surface area contributed by atoms with Crippen molar-refractivity contribution in [2.24, 2.45) is 0 Å². The molecule has 3 rings (SSSR count). The summed E-state index contributed by atoms with van der Waals surface area (Å²) < 4.78 is 41.1. The minimum atomic E-state index is -4.54. The third kappa shape index (κ3) is 2.59. The molecule has 2 heterocycles. The molecule has 2 aromatic heterocycles. The van der Waals surface area contributed by atoms with Crippen LogP contribution in [0.1, 0.15) is 11.4 Å². The van der Waals surface area contributed by atoms with E-state index in [1.165, 1.54) is 0 Å².